The van der Waals surface area contributed by atoms with Crippen LogP contribution in [0.4, 0.5) is 39.8 Å². The SMILES string of the molecule is CC1(C)c2cccc3c2N(c2cc(N(c4ccccc4)c4ccccc4)cc4c2B3c2cccc3c2N4C(C)(C)C3(C)C)C1(C)C. The van der Waals surface area contributed by atoms with Crippen molar-refractivity contribution in [3.63, 3.8) is 0 Å². The second-order valence-electron chi connectivity index (χ2n) is 15.9. The van der Waals surface area contributed by atoms with Crippen LogP contribution in [0.3, 0.4) is 0 Å². The first-order chi connectivity index (χ1) is 21.9. The molecule has 0 fully saturated rings. The Balaban J connectivity index is 1.44. The molecule has 0 saturated carbocycles. The Labute approximate surface area is 274 Å². The first-order valence-corrected chi connectivity index (χ1v) is 16.8. The van der Waals surface area contributed by atoms with Gasteiger partial charge in [0.05, 0.1) is 5.69 Å². The summed E-state index contributed by atoms with van der Waals surface area (Å²) < 4.78 is 0. The Morgan fingerprint density at radius 3 is 1.30 bits per heavy atom. The van der Waals surface area contributed by atoms with Gasteiger partial charge in [0.15, 0.2) is 0 Å². The van der Waals surface area contributed by atoms with Crippen molar-refractivity contribution in [3.8, 4) is 0 Å². The molecule has 0 atom stereocenters. The fourth-order valence-corrected chi connectivity index (χ4v) is 9.20. The molecular formula is C42H42BN3. The number of hydrogen-bond donors (Lipinski definition) is 0. The van der Waals surface area contributed by atoms with Crippen LogP contribution in [-0.4, -0.2) is 17.8 Å². The minimum absolute atomic E-state index is 0.0457. The lowest BCUT2D eigenvalue weighted by molar-refractivity contribution is 0.329. The maximum Gasteiger partial charge on any atom is 0.252 e. The highest BCUT2D eigenvalue weighted by atomic mass is 15.3. The van der Waals surface area contributed by atoms with E-state index in [4.69, 9.17) is 0 Å². The molecule has 46 heavy (non-hydrogen) atoms. The maximum atomic E-state index is 2.72. The molecular weight excluding hydrogens is 557 g/mol. The van der Waals surface area contributed by atoms with Gasteiger partial charge in [0, 0.05) is 56.0 Å². The van der Waals surface area contributed by atoms with E-state index < -0.39 is 0 Å². The number of rotatable bonds is 3. The Kier molecular flexibility index (Phi) is 5.25. The second-order valence-corrected chi connectivity index (χ2v) is 15.9. The van der Waals surface area contributed by atoms with Gasteiger partial charge in [-0.25, -0.2) is 0 Å². The molecule has 0 unspecified atom stereocenters. The summed E-state index contributed by atoms with van der Waals surface area (Å²) in [6.07, 6.45) is 0. The van der Waals surface area contributed by atoms with Gasteiger partial charge in [0.1, 0.15) is 0 Å². The number of nitrogens with zero attached hydrogens (tertiary/aromatic N) is 3. The Morgan fingerprint density at radius 2 is 0.891 bits per heavy atom. The number of fused-ring (bicyclic) bond motifs is 4. The van der Waals surface area contributed by atoms with Crippen LogP contribution in [0.5, 0.6) is 0 Å². The molecule has 0 aliphatic carbocycles. The summed E-state index contributed by atoms with van der Waals surface area (Å²) in [5, 5.41) is 0. The zero-order chi connectivity index (χ0) is 32.0. The zero-order valence-corrected chi connectivity index (χ0v) is 28.3. The maximum absolute atomic E-state index is 2.72. The highest BCUT2D eigenvalue weighted by Crippen LogP contribution is 2.60. The van der Waals surface area contributed by atoms with Crippen LogP contribution in [0, 0.1) is 0 Å². The summed E-state index contributed by atoms with van der Waals surface area (Å²) in [6.45, 7) is 19.7. The Bertz CT molecular complexity index is 1930. The minimum Gasteiger partial charge on any atom is -0.335 e. The first-order valence-electron chi connectivity index (χ1n) is 16.8. The lowest BCUT2D eigenvalue weighted by Gasteiger charge is -2.50. The molecule has 0 N–H and O–H groups in total. The predicted octanol–water partition coefficient (Wildman–Crippen LogP) is 8.72. The van der Waals surface area contributed by atoms with Crippen LogP contribution < -0.4 is 31.1 Å². The topological polar surface area (TPSA) is 9.72 Å². The van der Waals surface area contributed by atoms with Crippen LogP contribution in [0.2, 0.25) is 0 Å². The lowest BCUT2D eigenvalue weighted by Crippen LogP contribution is -2.65. The van der Waals surface area contributed by atoms with Crippen molar-refractivity contribution < 1.29 is 0 Å². The molecule has 0 amide bonds. The molecule has 228 valence electrons. The third-order valence-electron chi connectivity index (χ3n) is 12.9. The van der Waals surface area contributed by atoms with Crippen LogP contribution in [0.15, 0.2) is 109 Å². The standard InChI is InChI=1S/C42H42BN3/c1-39(2)30-21-15-23-32-37(30)45(41(39,5)6)34-25-29(44(27-17-11-9-12-18-27)28-19-13-10-14-20-28)26-35-36(34)43(32)33-24-16-22-31-38(33)46(35)42(7,8)40(31,3)4/h9-26H,1-8H3. The van der Waals surface area contributed by atoms with Gasteiger partial charge in [0.25, 0.3) is 6.71 Å². The van der Waals surface area contributed by atoms with Gasteiger partial charge in [-0.05, 0) is 91.6 Å². The molecule has 9 rings (SSSR count). The van der Waals surface area contributed by atoms with E-state index in [1.54, 1.807) is 0 Å². The van der Waals surface area contributed by atoms with Crippen molar-refractivity contribution in [2.24, 2.45) is 0 Å². The van der Waals surface area contributed by atoms with Crippen molar-refractivity contribution >= 4 is 62.9 Å². The largest absolute Gasteiger partial charge is 0.335 e. The average molecular weight is 600 g/mol. The average Bonchev–Trinajstić information content (AvgIpc) is 3.31. The third kappa shape index (κ3) is 3.11. The molecule has 0 radical (unpaired) electrons. The van der Waals surface area contributed by atoms with Crippen molar-refractivity contribution in [1.82, 2.24) is 0 Å². The zero-order valence-electron chi connectivity index (χ0n) is 28.3. The predicted molar refractivity (Wildman–Crippen MR) is 197 cm³/mol. The summed E-state index contributed by atoms with van der Waals surface area (Å²) in [6, 6.07) is 40.9. The van der Waals surface area contributed by atoms with Crippen molar-refractivity contribution in [2.45, 2.75) is 77.3 Å². The molecule has 0 saturated heterocycles. The van der Waals surface area contributed by atoms with E-state index in [2.05, 4.69) is 179 Å². The smallest absolute Gasteiger partial charge is 0.252 e. The summed E-state index contributed by atoms with van der Waals surface area (Å²) in [5.74, 6) is 0. The van der Waals surface area contributed by atoms with E-state index in [0.29, 0.717) is 0 Å². The van der Waals surface area contributed by atoms with E-state index in [1.165, 1.54) is 56.0 Å². The van der Waals surface area contributed by atoms with Gasteiger partial charge in [-0.3, -0.25) is 0 Å². The summed E-state index contributed by atoms with van der Waals surface area (Å²) >= 11 is 0. The molecule has 4 aliphatic rings. The Hall–Kier alpha value is -4.44. The summed E-state index contributed by atoms with van der Waals surface area (Å²) in [5.41, 5.74) is 15.8. The van der Waals surface area contributed by atoms with E-state index >= 15 is 0 Å². The van der Waals surface area contributed by atoms with E-state index in [-0.39, 0.29) is 28.6 Å². The normalized spacial score (nSPS) is 19.4. The molecule has 5 aromatic rings. The molecule has 3 nitrogen and oxygen atoms in total. The van der Waals surface area contributed by atoms with Gasteiger partial charge in [-0.15, -0.1) is 0 Å². The highest BCUT2D eigenvalue weighted by molar-refractivity contribution is 7.00. The molecule has 4 aliphatic heterocycles. The van der Waals surface area contributed by atoms with E-state index in [0.717, 1.165) is 11.4 Å². The minimum atomic E-state index is -0.144. The van der Waals surface area contributed by atoms with Crippen LogP contribution >= 0.6 is 0 Å². The van der Waals surface area contributed by atoms with Gasteiger partial charge < -0.3 is 14.7 Å². The van der Waals surface area contributed by atoms with Gasteiger partial charge in [0.2, 0.25) is 0 Å². The number of hydrogen-bond acceptors (Lipinski definition) is 3. The monoisotopic (exact) mass is 599 g/mol. The summed E-state index contributed by atoms with van der Waals surface area (Å²) in [7, 11) is 0. The van der Waals surface area contributed by atoms with Gasteiger partial charge in [-0.2, -0.15) is 0 Å². The first kappa shape index (κ1) is 27.8. The summed E-state index contributed by atoms with van der Waals surface area (Å²) in [4.78, 5) is 7.87. The van der Waals surface area contributed by atoms with Crippen LogP contribution in [0.1, 0.15) is 66.5 Å². The molecule has 0 spiro atoms. The Morgan fingerprint density at radius 1 is 0.478 bits per heavy atom. The van der Waals surface area contributed by atoms with Crippen LogP contribution in [-0.2, 0) is 10.8 Å². The van der Waals surface area contributed by atoms with Crippen molar-refractivity contribution in [3.05, 3.63) is 120 Å². The van der Waals surface area contributed by atoms with E-state index in [9.17, 15) is 0 Å². The quantitative estimate of drug-likeness (QED) is 0.192. The van der Waals surface area contributed by atoms with Crippen LogP contribution in [0.25, 0.3) is 0 Å². The van der Waals surface area contributed by atoms with Gasteiger partial charge >= 0.3 is 0 Å². The molecule has 0 aromatic heterocycles. The van der Waals surface area contributed by atoms with E-state index in [1.807, 2.05) is 0 Å². The number of para-hydroxylation sites is 4. The fraction of sp³-hybridized carbons (Fsp3) is 0.286. The molecule has 4 heterocycles. The van der Waals surface area contributed by atoms with Gasteiger partial charge in [-0.1, -0.05) is 100 Å². The molecule has 0 bridgehead atoms. The number of benzene rings is 5. The molecule has 4 heteroatoms. The molecule has 5 aromatic carbocycles. The third-order valence-corrected chi connectivity index (χ3v) is 12.9. The second kappa shape index (κ2) is 8.67. The fourth-order valence-electron chi connectivity index (χ4n) is 9.20. The lowest BCUT2D eigenvalue weighted by atomic mass is 9.33. The van der Waals surface area contributed by atoms with Crippen molar-refractivity contribution in [1.29, 1.82) is 0 Å². The highest BCUT2D eigenvalue weighted by Gasteiger charge is 2.60. The van der Waals surface area contributed by atoms with Crippen molar-refractivity contribution in [2.75, 3.05) is 14.7 Å². The number of anilines is 7.